The number of hydrogen-bond acceptors (Lipinski definition) is 3. The largest absolute Gasteiger partial charge is 0.335 e. The molecule has 4 rings (SSSR count). The van der Waals surface area contributed by atoms with Gasteiger partial charge >= 0.3 is 6.03 Å². The molecule has 138 valence electrons. The number of hydrogen-bond donors (Lipinski definition) is 1. The van der Waals surface area contributed by atoms with Gasteiger partial charge in [-0.05, 0) is 59.7 Å². The summed E-state index contributed by atoms with van der Waals surface area (Å²) in [5.41, 5.74) is 4.30. The highest BCUT2D eigenvalue weighted by atomic mass is 32.1. The Balaban J connectivity index is 1.24. The number of nitrogens with one attached hydrogen (secondary N) is 1. The van der Waals surface area contributed by atoms with Gasteiger partial charge in [-0.2, -0.15) is 11.3 Å². The lowest BCUT2D eigenvalue weighted by Crippen LogP contribution is -2.55. The summed E-state index contributed by atoms with van der Waals surface area (Å²) >= 11 is 1.71. The van der Waals surface area contributed by atoms with E-state index in [4.69, 9.17) is 0 Å². The van der Waals surface area contributed by atoms with Gasteiger partial charge in [0.25, 0.3) is 0 Å². The number of benzene rings is 1. The molecule has 5 heteroatoms. The van der Waals surface area contributed by atoms with Gasteiger partial charge in [-0.3, -0.25) is 4.90 Å². The molecule has 2 aromatic rings. The van der Waals surface area contributed by atoms with Crippen molar-refractivity contribution < 1.29 is 4.79 Å². The Kier molecular flexibility index (Phi) is 5.27. The maximum atomic E-state index is 12.5. The normalized spacial score (nSPS) is 19.3. The number of fused-ring (bicyclic) bond motifs is 1. The van der Waals surface area contributed by atoms with Gasteiger partial charge in [-0.1, -0.05) is 24.3 Å². The molecule has 0 saturated carbocycles. The second kappa shape index (κ2) is 7.80. The van der Waals surface area contributed by atoms with Crippen LogP contribution in [-0.4, -0.2) is 54.1 Å². The lowest BCUT2D eigenvalue weighted by molar-refractivity contribution is 0.110. The van der Waals surface area contributed by atoms with Gasteiger partial charge in [-0.25, -0.2) is 4.79 Å². The Morgan fingerprint density at radius 1 is 1.15 bits per heavy atom. The first kappa shape index (κ1) is 17.6. The first-order valence-electron chi connectivity index (χ1n) is 9.56. The van der Waals surface area contributed by atoms with Gasteiger partial charge in [0.05, 0.1) is 0 Å². The quantitative estimate of drug-likeness (QED) is 0.898. The Morgan fingerprint density at radius 3 is 2.46 bits per heavy atom. The molecule has 1 saturated heterocycles. The van der Waals surface area contributed by atoms with Crippen molar-refractivity contribution in [1.82, 2.24) is 15.1 Å². The van der Waals surface area contributed by atoms with Crippen molar-refractivity contribution in [3.8, 4) is 0 Å². The summed E-state index contributed by atoms with van der Waals surface area (Å²) < 4.78 is 0. The number of carbonyl (C=O) groups is 1. The number of amides is 2. The summed E-state index contributed by atoms with van der Waals surface area (Å²) in [6.07, 6.45) is 3.20. The van der Waals surface area contributed by atoms with Crippen molar-refractivity contribution in [3.05, 3.63) is 57.8 Å². The fraction of sp³-hybridized carbons (Fsp3) is 0.476. The summed E-state index contributed by atoms with van der Waals surface area (Å²) in [6, 6.07) is 11.8. The first-order valence-corrected chi connectivity index (χ1v) is 10.5. The van der Waals surface area contributed by atoms with Crippen LogP contribution in [0.15, 0.2) is 41.1 Å². The third-order valence-electron chi connectivity index (χ3n) is 5.64. The minimum absolute atomic E-state index is 0.0853. The van der Waals surface area contributed by atoms with E-state index in [1.807, 2.05) is 4.90 Å². The predicted molar refractivity (Wildman–Crippen MR) is 107 cm³/mol. The topological polar surface area (TPSA) is 35.6 Å². The van der Waals surface area contributed by atoms with Crippen molar-refractivity contribution in [2.45, 2.75) is 38.3 Å². The molecular weight excluding hydrogens is 342 g/mol. The van der Waals surface area contributed by atoms with Crippen molar-refractivity contribution >= 4 is 17.4 Å². The second-order valence-corrected chi connectivity index (χ2v) is 8.32. The molecule has 1 N–H and O–H groups in total. The van der Waals surface area contributed by atoms with E-state index in [1.54, 1.807) is 11.3 Å². The van der Waals surface area contributed by atoms with E-state index in [1.165, 1.54) is 16.7 Å². The van der Waals surface area contributed by atoms with E-state index in [9.17, 15) is 4.79 Å². The molecule has 2 aliphatic rings. The van der Waals surface area contributed by atoms with E-state index in [0.717, 1.165) is 45.4 Å². The molecule has 1 fully saturated rings. The zero-order valence-electron chi connectivity index (χ0n) is 15.4. The van der Waals surface area contributed by atoms with Crippen molar-refractivity contribution in [2.75, 3.05) is 26.2 Å². The number of rotatable bonds is 4. The van der Waals surface area contributed by atoms with Crippen LogP contribution in [0, 0.1) is 0 Å². The van der Waals surface area contributed by atoms with E-state index < -0.39 is 0 Å². The van der Waals surface area contributed by atoms with Crippen LogP contribution >= 0.6 is 11.3 Å². The third-order valence-corrected chi connectivity index (χ3v) is 6.37. The number of urea groups is 1. The van der Waals surface area contributed by atoms with Crippen LogP contribution in [0.4, 0.5) is 4.79 Å². The third kappa shape index (κ3) is 3.94. The number of piperazine rings is 1. The highest BCUT2D eigenvalue weighted by Crippen LogP contribution is 2.26. The Labute approximate surface area is 159 Å². The molecule has 2 heterocycles. The zero-order chi connectivity index (χ0) is 17.9. The molecule has 0 spiro atoms. The van der Waals surface area contributed by atoms with Crippen molar-refractivity contribution in [2.24, 2.45) is 0 Å². The van der Waals surface area contributed by atoms with Crippen molar-refractivity contribution in [3.63, 3.8) is 0 Å². The van der Waals surface area contributed by atoms with Crippen LogP contribution in [0.1, 0.15) is 23.6 Å². The molecule has 0 radical (unpaired) electrons. The van der Waals surface area contributed by atoms with E-state index >= 15 is 0 Å². The summed E-state index contributed by atoms with van der Waals surface area (Å²) in [5.74, 6) is 0. The summed E-state index contributed by atoms with van der Waals surface area (Å²) in [7, 11) is 0. The highest BCUT2D eigenvalue weighted by Gasteiger charge is 2.30. The van der Waals surface area contributed by atoms with E-state index in [0.29, 0.717) is 6.04 Å². The second-order valence-electron chi connectivity index (χ2n) is 7.54. The number of thiophene rings is 1. The van der Waals surface area contributed by atoms with E-state index in [2.05, 4.69) is 58.2 Å². The fourth-order valence-electron chi connectivity index (χ4n) is 4.20. The average Bonchev–Trinajstić information content (AvgIpc) is 3.31. The Morgan fingerprint density at radius 2 is 1.85 bits per heavy atom. The predicted octanol–water partition coefficient (Wildman–Crippen LogP) is 3.17. The van der Waals surface area contributed by atoms with Crippen LogP contribution in [0.3, 0.4) is 0 Å². The fourth-order valence-corrected chi connectivity index (χ4v) is 4.88. The Bertz CT molecular complexity index is 712. The van der Waals surface area contributed by atoms with Crippen LogP contribution in [0.25, 0.3) is 0 Å². The van der Waals surface area contributed by atoms with Gasteiger partial charge in [0.2, 0.25) is 0 Å². The molecule has 1 aromatic heterocycles. The van der Waals surface area contributed by atoms with Crippen molar-refractivity contribution in [1.29, 1.82) is 0 Å². The van der Waals surface area contributed by atoms with Gasteiger partial charge in [0.15, 0.2) is 0 Å². The van der Waals surface area contributed by atoms with Gasteiger partial charge < -0.3 is 10.2 Å². The molecule has 1 aliphatic carbocycles. The minimum Gasteiger partial charge on any atom is -0.335 e. The molecule has 1 aliphatic heterocycles. The van der Waals surface area contributed by atoms with Crippen LogP contribution in [0.5, 0.6) is 0 Å². The lowest BCUT2D eigenvalue weighted by Gasteiger charge is -2.38. The highest BCUT2D eigenvalue weighted by molar-refractivity contribution is 7.07. The van der Waals surface area contributed by atoms with Gasteiger partial charge in [0.1, 0.15) is 0 Å². The van der Waals surface area contributed by atoms with Gasteiger partial charge in [-0.15, -0.1) is 0 Å². The monoisotopic (exact) mass is 369 g/mol. The van der Waals surface area contributed by atoms with E-state index in [-0.39, 0.29) is 12.1 Å². The summed E-state index contributed by atoms with van der Waals surface area (Å²) in [6.45, 7) is 5.69. The molecule has 26 heavy (non-hydrogen) atoms. The minimum atomic E-state index is 0.0853. The molecule has 1 unspecified atom stereocenters. The van der Waals surface area contributed by atoms with Crippen LogP contribution < -0.4 is 5.32 Å². The average molecular weight is 370 g/mol. The summed E-state index contributed by atoms with van der Waals surface area (Å²) in [4.78, 5) is 17.1. The number of nitrogens with zero attached hydrogens (tertiary/aromatic N) is 2. The standard InChI is InChI=1S/C21H27N3OS/c1-16(12-17-6-11-26-15-17)22-21(25)24-9-7-23(8-10-24)20-13-18-4-2-3-5-19(18)14-20/h2-6,11,15-16,20H,7-10,12-14H2,1H3,(H,22,25). The molecule has 1 aromatic carbocycles. The van der Waals surface area contributed by atoms with Gasteiger partial charge in [0, 0.05) is 38.3 Å². The smallest absolute Gasteiger partial charge is 0.317 e. The molecule has 4 nitrogen and oxygen atoms in total. The van der Waals surface area contributed by atoms with Crippen LogP contribution in [-0.2, 0) is 19.3 Å². The maximum absolute atomic E-state index is 12.5. The molecule has 1 atom stereocenters. The molecular formula is C21H27N3OS. The lowest BCUT2D eigenvalue weighted by atomic mass is 10.1. The first-order chi connectivity index (χ1) is 12.7. The maximum Gasteiger partial charge on any atom is 0.317 e. The number of carbonyl (C=O) groups excluding carboxylic acids is 1. The zero-order valence-corrected chi connectivity index (χ0v) is 16.2. The van der Waals surface area contributed by atoms with Crippen LogP contribution in [0.2, 0.25) is 0 Å². The summed E-state index contributed by atoms with van der Waals surface area (Å²) in [5, 5.41) is 7.40. The SMILES string of the molecule is CC(Cc1ccsc1)NC(=O)N1CCN(C2Cc3ccccc3C2)CC1. The Hall–Kier alpha value is -1.85. The molecule has 0 bridgehead atoms. The molecule has 2 amide bonds.